The molecule has 1 saturated carbocycles. The van der Waals surface area contributed by atoms with Gasteiger partial charge in [-0.2, -0.15) is 0 Å². The van der Waals surface area contributed by atoms with Crippen LogP contribution in [0.2, 0.25) is 0 Å². The lowest BCUT2D eigenvalue weighted by Crippen LogP contribution is -2.55. The average molecular weight is 260 g/mol. The van der Waals surface area contributed by atoms with E-state index in [-0.39, 0.29) is 16.9 Å². The van der Waals surface area contributed by atoms with Gasteiger partial charge in [-0.25, -0.2) is 0 Å². The van der Waals surface area contributed by atoms with Crippen LogP contribution >= 0.6 is 0 Å². The molecule has 0 saturated heterocycles. The van der Waals surface area contributed by atoms with Gasteiger partial charge in [0.1, 0.15) is 0 Å². The van der Waals surface area contributed by atoms with Crippen molar-refractivity contribution in [1.82, 2.24) is 5.32 Å². The molecule has 1 aliphatic rings. The minimum atomic E-state index is -0.174. The SMILES string of the molecule is CC(C)(C)c1ccccc1C(=O)NCC1(N)CCC1. The van der Waals surface area contributed by atoms with Crippen LogP contribution in [-0.4, -0.2) is 18.0 Å². The molecule has 0 aromatic heterocycles. The predicted molar refractivity (Wildman–Crippen MR) is 78.2 cm³/mol. The third kappa shape index (κ3) is 3.16. The number of carbonyl (C=O) groups excluding carboxylic acids is 1. The normalized spacial score (nSPS) is 17.7. The van der Waals surface area contributed by atoms with Crippen molar-refractivity contribution in [2.45, 2.75) is 51.0 Å². The lowest BCUT2D eigenvalue weighted by molar-refractivity contribution is 0.0927. The van der Waals surface area contributed by atoms with Crippen molar-refractivity contribution in [1.29, 1.82) is 0 Å². The molecule has 3 nitrogen and oxygen atoms in total. The van der Waals surface area contributed by atoms with Gasteiger partial charge in [0.25, 0.3) is 5.91 Å². The maximum Gasteiger partial charge on any atom is 0.251 e. The van der Waals surface area contributed by atoms with Crippen LogP contribution < -0.4 is 11.1 Å². The molecular weight excluding hydrogens is 236 g/mol. The van der Waals surface area contributed by atoms with E-state index in [4.69, 9.17) is 5.73 Å². The van der Waals surface area contributed by atoms with E-state index >= 15 is 0 Å². The third-order valence-electron chi connectivity index (χ3n) is 3.93. The molecule has 0 spiro atoms. The van der Waals surface area contributed by atoms with E-state index in [1.165, 1.54) is 6.42 Å². The Morgan fingerprint density at radius 3 is 2.47 bits per heavy atom. The summed E-state index contributed by atoms with van der Waals surface area (Å²) >= 11 is 0. The highest BCUT2D eigenvalue weighted by atomic mass is 16.1. The minimum absolute atomic E-state index is 0.0118. The Morgan fingerprint density at radius 1 is 1.32 bits per heavy atom. The molecule has 0 unspecified atom stereocenters. The van der Waals surface area contributed by atoms with Gasteiger partial charge in [-0.15, -0.1) is 0 Å². The van der Waals surface area contributed by atoms with Crippen LogP contribution in [0, 0.1) is 0 Å². The fourth-order valence-electron chi connectivity index (χ4n) is 2.49. The Bertz CT molecular complexity index is 470. The summed E-state index contributed by atoms with van der Waals surface area (Å²) < 4.78 is 0. The zero-order valence-electron chi connectivity index (χ0n) is 12.1. The summed E-state index contributed by atoms with van der Waals surface area (Å²) in [5, 5.41) is 2.99. The molecule has 1 fully saturated rings. The fourth-order valence-corrected chi connectivity index (χ4v) is 2.49. The third-order valence-corrected chi connectivity index (χ3v) is 3.93. The van der Waals surface area contributed by atoms with Gasteiger partial charge in [-0.05, 0) is 36.3 Å². The van der Waals surface area contributed by atoms with E-state index in [2.05, 4.69) is 26.1 Å². The Kier molecular flexibility index (Phi) is 3.68. The molecule has 1 aromatic rings. The summed E-state index contributed by atoms with van der Waals surface area (Å²) in [5.41, 5.74) is 7.77. The topological polar surface area (TPSA) is 55.1 Å². The van der Waals surface area contributed by atoms with Crippen molar-refractivity contribution >= 4 is 5.91 Å². The standard InChI is InChI=1S/C16H24N2O/c1-15(2,3)13-8-5-4-7-12(13)14(19)18-11-16(17)9-6-10-16/h4-5,7-8H,6,9-11,17H2,1-3H3,(H,18,19). The number of hydrogen-bond donors (Lipinski definition) is 2. The Balaban J connectivity index is 2.11. The van der Waals surface area contributed by atoms with Gasteiger partial charge in [-0.1, -0.05) is 39.0 Å². The number of amides is 1. The number of benzene rings is 1. The lowest BCUT2D eigenvalue weighted by atomic mass is 9.77. The van der Waals surface area contributed by atoms with Gasteiger partial charge in [0, 0.05) is 17.6 Å². The Hall–Kier alpha value is -1.35. The zero-order valence-corrected chi connectivity index (χ0v) is 12.1. The first-order chi connectivity index (χ1) is 8.82. The molecule has 19 heavy (non-hydrogen) atoms. The largest absolute Gasteiger partial charge is 0.350 e. The number of carbonyl (C=O) groups is 1. The second kappa shape index (κ2) is 4.97. The Morgan fingerprint density at radius 2 is 1.95 bits per heavy atom. The van der Waals surface area contributed by atoms with E-state index in [1.54, 1.807) is 0 Å². The van der Waals surface area contributed by atoms with Crippen LogP contribution in [0.3, 0.4) is 0 Å². The van der Waals surface area contributed by atoms with Crippen LogP contribution in [-0.2, 0) is 5.41 Å². The van der Waals surface area contributed by atoms with Crippen molar-refractivity contribution in [3.05, 3.63) is 35.4 Å². The van der Waals surface area contributed by atoms with Gasteiger partial charge in [0.05, 0.1) is 0 Å². The van der Waals surface area contributed by atoms with Gasteiger partial charge in [0.15, 0.2) is 0 Å². The van der Waals surface area contributed by atoms with Gasteiger partial charge in [0.2, 0.25) is 0 Å². The van der Waals surface area contributed by atoms with Gasteiger partial charge < -0.3 is 11.1 Å². The summed E-state index contributed by atoms with van der Waals surface area (Å²) in [4.78, 5) is 12.3. The van der Waals surface area contributed by atoms with Crippen molar-refractivity contribution < 1.29 is 4.79 Å². The lowest BCUT2D eigenvalue weighted by Gasteiger charge is -2.38. The molecule has 2 rings (SSSR count). The minimum Gasteiger partial charge on any atom is -0.350 e. The Labute approximate surface area is 115 Å². The molecule has 0 aliphatic heterocycles. The van der Waals surface area contributed by atoms with E-state index in [1.807, 2.05) is 24.3 Å². The summed E-state index contributed by atoms with van der Waals surface area (Å²) in [5.74, 6) is -0.0118. The molecule has 3 heteroatoms. The van der Waals surface area contributed by atoms with E-state index < -0.39 is 0 Å². The zero-order chi connectivity index (χ0) is 14.1. The highest BCUT2D eigenvalue weighted by Gasteiger charge is 2.33. The van der Waals surface area contributed by atoms with E-state index in [0.717, 1.165) is 24.0 Å². The first kappa shape index (κ1) is 14.1. The van der Waals surface area contributed by atoms with Crippen molar-refractivity contribution in [2.24, 2.45) is 5.73 Å². The quantitative estimate of drug-likeness (QED) is 0.877. The number of nitrogens with two attached hydrogens (primary N) is 1. The second-order valence-electron chi connectivity index (χ2n) is 6.69. The van der Waals surface area contributed by atoms with E-state index in [0.29, 0.717) is 6.54 Å². The summed E-state index contributed by atoms with van der Waals surface area (Å²) in [7, 11) is 0. The maximum atomic E-state index is 12.3. The van der Waals surface area contributed by atoms with Crippen LogP contribution in [0.25, 0.3) is 0 Å². The van der Waals surface area contributed by atoms with Gasteiger partial charge in [-0.3, -0.25) is 4.79 Å². The molecule has 0 bridgehead atoms. The van der Waals surface area contributed by atoms with Crippen molar-refractivity contribution in [2.75, 3.05) is 6.54 Å². The van der Waals surface area contributed by atoms with E-state index in [9.17, 15) is 4.79 Å². The summed E-state index contributed by atoms with van der Waals surface area (Å²) in [6, 6.07) is 7.80. The predicted octanol–water partition coefficient (Wildman–Crippen LogP) is 2.60. The first-order valence-corrected chi connectivity index (χ1v) is 6.98. The molecule has 1 aromatic carbocycles. The highest BCUT2D eigenvalue weighted by molar-refractivity contribution is 5.96. The summed E-state index contributed by atoms with van der Waals surface area (Å²) in [6.07, 6.45) is 3.19. The van der Waals surface area contributed by atoms with Crippen molar-refractivity contribution in [3.63, 3.8) is 0 Å². The average Bonchev–Trinajstić information content (AvgIpc) is 2.32. The summed E-state index contributed by atoms with van der Waals surface area (Å²) in [6.45, 7) is 6.94. The molecule has 1 aliphatic carbocycles. The monoisotopic (exact) mass is 260 g/mol. The number of nitrogens with one attached hydrogen (secondary N) is 1. The molecule has 0 atom stereocenters. The first-order valence-electron chi connectivity index (χ1n) is 6.98. The molecule has 1 amide bonds. The van der Waals surface area contributed by atoms with Crippen molar-refractivity contribution in [3.8, 4) is 0 Å². The number of rotatable bonds is 3. The maximum absolute atomic E-state index is 12.3. The smallest absolute Gasteiger partial charge is 0.251 e. The number of hydrogen-bond acceptors (Lipinski definition) is 2. The fraction of sp³-hybridized carbons (Fsp3) is 0.562. The van der Waals surface area contributed by atoms with Crippen LogP contribution in [0.4, 0.5) is 0 Å². The molecule has 0 radical (unpaired) electrons. The molecular formula is C16H24N2O. The van der Waals surface area contributed by atoms with Crippen LogP contribution in [0.15, 0.2) is 24.3 Å². The van der Waals surface area contributed by atoms with Crippen LogP contribution in [0.5, 0.6) is 0 Å². The molecule has 3 N–H and O–H groups in total. The highest BCUT2D eigenvalue weighted by Crippen LogP contribution is 2.29. The van der Waals surface area contributed by atoms with Gasteiger partial charge >= 0.3 is 0 Å². The van der Waals surface area contributed by atoms with Crippen LogP contribution in [0.1, 0.15) is 56.0 Å². The molecule has 0 heterocycles. The molecule has 104 valence electrons. The second-order valence-corrected chi connectivity index (χ2v) is 6.69.